The molecule has 1 atom stereocenters. The van der Waals surface area contributed by atoms with Crippen LogP contribution in [0, 0.1) is 10.1 Å². The molecule has 0 N–H and O–H groups in total. The largest absolute Gasteiger partial charge is 0.490 e. The minimum Gasteiger partial charge on any atom is -0.490 e. The molecule has 4 aromatic rings. The number of rotatable bonds is 13. The second kappa shape index (κ2) is 16.4. The second-order valence-electron chi connectivity index (χ2n) is 10.8. The lowest BCUT2D eigenvalue weighted by Gasteiger charge is -2.25. The van der Waals surface area contributed by atoms with Crippen molar-refractivity contribution in [2.24, 2.45) is 4.99 Å². The molecule has 266 valence electrons. The fraction of sp³-hybridized carbons (Fsp3) is 0.257. The summed E-state index contributed by atoms with van der Waals surface area (Å²) in [5.74, 6) is -0.266. The van der Waals surface area contributed by atoms with Crippen LogP contribution in [0.25, 0.3) is 6.08 Å². The molecule has 5 rings (SSSR count). The van der Waals surface area contributed by atoms with Gasteiger partial charge in [-0.3, -0.25) is 19.5 Å². The molecule has 0 fully saturated rings. The van der Waals surface area contributed by atoms with Gasteiger partial charge in [0, 0.05) is 12.1 Å². The third-order valence-corrected chi connectivity index (χ3v) is 9.38. The molecular formula is C35H31BrClN3O10S. The van der Waals surface area contributed by atoms with Gasteiger partial charge >= 0.3 is 11.9 Å². The van der Waals surface area contributed by atoms with Gasteiger partial charge in [0.15, 0.2) is 28.7 Å². The number of carbonyl (C=O) groups excluding carboxylic acids is 2. The van der Waals surface area contributed by atoms with Gasteiger partial charge in [0.1, 0.15) is 6.61 Å². The first-order valence-electron chi connectivity index (χ1n) is 15.5. The summed E-state index contributed by atoms with van der Waals surface area (Å²) in [7, 11) is 1.25. The SMILES string of the molecule is CCOC(=O)C1=C(C)N=c2s/c(=C\c3cc(Cl)c(OCc4ccc([N+](=O)[O-])cc4)c(Br)c3)c(=O)n2[C@@H]1c1ccc(OCC(=O)OC)c(OCC)c1. The molecule has 0 radical (unpaired) electrons. The van der Waals surface area contributed by atoms with Crippen molar-refractivity contribution in [1.82, 2.24) is 4.57 Å². The Balaban J connectivity index is 1.54. The average molecular weight is 801 g/mol. The summed E-state index contributed by atoms with van der Waals surface area (Å²) in [4.78, 5) is 54.7. The average Bonchev–Trinajstić information content (AvgIpc) is 3.40. The van der Waals surface area contributed by atoms with Gasteiger partial charge in [0.2, 0.25) is 0 Å². The predicted octanol–water partition coefficient (Wildman–Crippen LogP) is 5.65. The van der Waals surface area contributed by atoms with Crippen LogP contribution in [0.1, 0.15) is 43.5 Å². The molecule has 0 amide bonds. The zero-order valence-electron chi connectivity index (χ0n) is 27.8. The number of methoxy groups -OCH3 is 1. The molecule has 2 heterocycles. The Hall–Kier alpha value is -4.99. The number of nitrogens with zero attached hydrogens (tertiary/aromatic N) is 3. The fourth-order valence-electron chi connectivity index (χ4n) is 5.21. The highest BCUT2D eigenvalue weighted by molar-refractivity contribution is 9.10. The first-order chi connectivity index (χ1) is 24.4. The van der Waals surface area contributed by atoms with Crippen molar-refractivity contribution >= 4 is 62.6 Å². The molecule has 0 saturated carbocycles. The summed E-state index contributed by atoms with van der Waals surface area (Å²) in [5.41, 5.74) is 1.95. The summed E-state index contributed by atoms with van der Waals surface area (Å²) in [6.07, 6.45) is 1.66. The number of non-ortho nitro benzene ring substituents is 1. The molecule has 1 aliphatic heterocycles. The zero-order valence-corrected chi connectivity index (χ0v) is 30.9. The van der Waals surface area contributed by atoms with E-state index in [2.05, 4.69) is 25.7 Å². The zero-order chi connectivity index (χ0) is 36.8. The number of thiazole rings is 1. The van der Waals surface area contributed by atoms with E-state index in [0.717, 1.165) is 11.3 Å². The number of fused-ring (bicyclic) bond motifs is 1. The van der Waals surface area contributed by atoms with Gasteiger partial charge in [0.05, 0.1) is 56.6 Å². The van der Waals surface area contributed by atoms with Crippen LogP contribution in [-0.4, -0.2) is 48.4 Å². The van der Waals surface area contributed by atoms with E-state index in [1.807, 2.05) is 0 Å². The smallest absolute Gasteiger partial charge is 0.343 e. The number of hydrogen-bond donors (Lipinski definition) is 0. The van der Waals surface area contributed by atoms with E-state index in [9.17, 15) is 24.5 Å². The number of aromatic nitrogens is 1. The Bertz CT molecular complexity index is 2190. The molecule has 51 heavy (non-hydrogen) atoms. The first-order valence-corrected chi connectivity index (χ1v) is 17.5. The van der Waals surface area contributed by atoms with Gasteiger partial charge in [-0.25, -0.2) is 14.6 Å². The number of nitro benzene ring substituents is 1. The molecule has 0 unspecified atom stereocenters. The molecule has 0 aliphatic carbocycles. The van der Waals surface area contributed by atoms with Crippen LogP contribution in [0.3, 0.4) is 0 Å². The van der Waals surface area contributed by atoms with Gasteiger partial charge in [0.25, 0.3) is 11.2 Å². The van der Waals surface area contributed by atoms with Crippen molar-refractivity contribution in [3.63, 3.8) is 0 Å². The first kappa shape index (κ1) is 37.3. The van der Waals surface area contributed by atoms with Gasteiger partial charge in [-0.1, -0.05) is 29.0 Å². The second-order valence-corrected chi connectivity index (χ2v) is 13.1. The van der Waals surface area contributed by atoms with E-state index in [-0.39, 0.29) is 48.5 Å². The van der Waals surface area contributed by atoms with Crippen LogP contribution in [0.5, 0.6) is 17.2 Å². The van der Waals surface area contributed by atoms with Crippen LogP contribution in [0.2, 0.25) is 5.02 Å². The third-order valence-electron chi connectivity index (χ3n) is 7.52. The van der Waals surface area contributed by atoms with Crippen LogP contribution in [-0.2, 0) is 25.7 Å². The maximum Gasteiger partial charge on any atom is 0.343 e. The molecule has 16 heteroatoms. The molecule has 0 bridgehead atoms. The van der Waals surface area contributed by atoms with E-state index in [1.54, 1.807) is 69.3 Å². The monoisotopic (exact) mass is 799 g/mol. The highest BCUT2D eigenvalue weighted by atomic mass is 79.9. The molecule has 0 saturated heterocycles. The van der Waals surface area contributed by atoms with E-state index in [4.69, 9.17) is 30.5 Å². The van der Waals surface area contributed by atoms with Crippen LogP contribution >= 0.6 is 38.9 Å². The minimum atomic E-state index is -0.929. The Morgan fingerprint density at radius 3 is 2.45 bits per heavy atom. The topological polar surface area (TPSA) is 158 Å². The molecular weight excluding hydrogens is 770 g/mol. The number of esters is 2. The van der Waals surface area contributed by atoms with Gasteiger partial charge in [-0.2, -0.15) is 0 Å². The maximum atomic E-state index is 14.2. The summed E-state index contributed by atoms with van der Waals surface area (Å²) in [5, 5.41) is 11.2. The van der Waals surface area contributed by atoms with Crippen molar-refractivity contribution in [3.8, 4) is 17.2 Å². The Kier molecular flexibility index (Phi) is 12.0. The molecule has 1 aliphatic rings. The number of carbonyl (C=O) groups is 2. The maximum absolute atomic E-state index is 14.2. The highest BCUT2D eigenvalue weighted by Crippen LogP contribution is 2.37. The quantitative estimate of drug-likeness (QED) is 0.0940. The molecule has 0 spiro atoms. The number of nitro groups is 1. The van der Waals surface area contributed by atoms with E-state index in [0.29, 0.717) is 47.7 Å². The van der Waals surface area contributed by atoms with Gasteiger partial charge in [-0.15, -0.1) is 0 Å². The number of benzene rings is 3. The van der Waals surface area contributed by atoms with Crippen molar-refractivity contribution in [2.45, 2.75) is 33.4 Å². The Labute approximate surface area is 308 Å². The minimum absolute atomic E-state index is 0.0265. The van der Waals surface area contributed by atoms with E-state index >= 15 is 0 Å². The Morgan fingerprint density at radius 2 is 1.80 bits per heavy atom. The lowest BCUT2D eigenvalue weighted by molar-refractivity contribution is -0.384. The van der Waals surface area contributed by atoms with Crippen molar-refractivity contribution in [2.75, 3.05) is 26.9 Å². The lowest BCUT2D eigenvalue weighted by Crippen LogP contribution is -2.40. The summed E-state index contributed by atoms with van der Waals surface area (Å²) >= 11 is 11.3. The number of allylic oxidation sites excluding steroid dienone is 1. The van der Waals surface area contributed by atoms with E-state index < -0.39 is 28.5 Å². The summed E-state index contributed by atoms with van der Waals surface area (Å²) < 4.78 is 29.7. The number of hydrogen-bond acceptors (Lipinski definition) is 12. The Morgan fingerprint density at radius 1 is 1.06 bits per heavy atom. The van der Waals surface area contributed by atoms with Crippen LogP contribution in [0.15, 0.2) is 80.1 Å². The number of ether oxygens (including phenoxy) is 5. The number of halogens is 2. The summed E-state index contributed by atoms with van der Waals surface area (Å²) in [6.45, 7) is 5.31. The normalized spacial score (nSPS) is 14.0. The lowest BCUT2D eigenvalue weighted by atomic mass is 9.95. The molecule has 3 aromatic carbocycles. The highest BCUT2D eigenvalue weighted by Gasteiger charge is 2.34. The van der Waals surface area contributed by atoms with Gasteiger partial charge in [-0.05, 0) is 95.9 Å². The third kappa shape index (κ3) is 8.32. The standard InChI is InChI=1S/C35H31BrClN3O10S/c1-5-47-27-16-22(9-12-26(27)49-18-29(41)46-4)31-30(34(43)48-6-2)19(3)38-35-39(31)33(42)28(51-35)15-21-13-24(36)32(25(37)14-21)50-17-20-7-10-23(11-8-20)40(44)45/h7-16,31H,5-6,17-18H2,1-4H3/b28-15-/t31-/m1/s1. The van der Waals surface area contributed by atoms with Crippen molar-refractivity contribution in [1.29, 1.82) is 0 Å². The fourth-order valence-corrected chi connectivity index (χ4v) is 7.24. The molecule has 1 aromatic heterocycles. The van der Waals surface area contributed by atoms with Gasteiger partial charge < -0.3 is 23.7 Å². The van der Waals surface area contributed by atoms with Crippen molar-refractivity contribution < 1.29 is 38.2 Å². The van der Waals surface area contributed by atoms with E-state index in [1.165, 1.54) is 23.8 Å². The van der Waals surface area contributed by atoms with Crippen LogP contribution in [0.4, 0.5) is 5.69 Å². The van der Waals surface area contributed by atoms with Crippen molar-refractivity contribution in [3.05, 3.63) is 122 Å². The predicted molar refractivity (Wildman–Crippen MR) is 192 cm³/mol. The molecule has 13 nitrogen and oxygen atoms in total. The van der Waals surface area contributed by atoms with Crippen LogP contribution < -0.4 is 29.1 Å². The summed E-state index contributed by atoms with van der Waals surface area (Å²) in [6, 6.07) is 13.4.